The molecule has 1 amide bonds. The van der Waals surface area contributed by atoms with Gasteiger partial charge in [-0.2, -0.15) is 0 Å². The zero-order chi connectivity index (χ0) is 20.7. The topological polar surface area (TPSA) is 120 Å². The molecule has 9 nitrogen and oxygen atoms in total. The lowest BCUT2D eigenvalue weighted by Gasteiger charge is -2.12. The minimum Gasteiger partial charge on any atom is -0.497 e. The van der Waals surface area contributed by atoms with E-state index in [2.05, 4.69) is 10.0 Å². The number of hydrogen-bond donors (Lipinski definition) is 2. The summed E-state index contributed by atoms with van der Waals surface area (Å²) in [6.45, 7) is -0.559. The van der Waals surface area contributed by atoms with Crippen molar-refractivity contribution in [2.75, 3.05) is 33.2 Å². The maximum Gasteiger partial charge on any atom is 0.338 e. The molecule has 2 N–H and O–H groups in total. The fraction of sp³-hybridized carbons (Fsp3) is 0.222. The zero-order valence-electron chi connectivity index (χ0n) is 15.5. The van der Waals surface area contributed by atoms with Gasteiger partial charge in [0.1, 0.15) is 11.5 Å². The Hall–Kier alpha value is -3.11. The van der Waals surface area contributed by atoms with Crippen LogP contribution < -0.4 is 19.5 Å². The Morgan fingerprint density at radius 3 is 2.43 bits per heavy atom. The van der Waals surface area contributed by atoms with Crippen LogP contribution >= 0.6 is 0 Å². The highest BCUT2D eigenvalue weighted by Gasteiger charge is 2.16. The Balaban J connectivity index is 2.02. The van der Waals surface area contributed by atoms with Gasteiger partial charge in [0, 0.05) is 6.07 Å². The van der Waals surface area contributed by atoms with E-state index in [1.807, 2.05) is 0 Å². The van der Waals surface area contributed by atoms with Gasteiger partial charge < -0.3 is 19.5 Å². The second-order valence-corrected chi connectivity index (χ2v) is 7.31. The number of hydrogen-bond acceptors (Lipinski definition) is 7. The number of carbonyl (C=O) groups excluding carboxylic acids is 2. The standard InChI is InChI=1S/C18H20N2O7S/c1-19-28(23,24)14-6-4-5-12(9-14)18(22)27-11-17(21)20-15-8-7-13(25-2)10-16(15)26-3/h4-10,19H,11H2,1-3H3,(H,20,21). The SMILES string of the molecule is CNS(=O)(=O)c1cccc(C(=O)OCC(=O)Nc2ccc(OC)cc2OC)c1. The van der Waals surface area contributed by atoms with Crippen molar-refractivity contribution in [3.05, 3.63) is 48.0 Å². The van der Waals surface area contributed by atoms with Gasteiger partial charge in [-0.15, -0.1) is 0 Å². The lowest BCUT2D eigenvalue weighted by atomic mass is 10.2. The Morgan fingerprint density at radius 1 is 1.04 bits per heavy atom. The van der Waals surface area contributed by atoms with Crippen LogP contribution in [-0.2, 0) is 19.6 Å². The van der Waals surface area contributed by atoms with E-state index in [0.717, 1.165) is 0 Å². The lowest BCUT2D eigenvalue weighted by Crippen LogP contribution is -2.22. The second-order valence-electron chi connectivity index (χ2n) is 5.43. The number of anilines is 1. The van der Waals surface area contributed by atoms with Crippen LogP contribution in [-0.4, -0.2) is 48.2 Å². The number of esters is 1. The van der Waals surface area contributed by atoms with Crippen molar-refractivity contribution in [2.45, 2.75) is 4.90 Å². The number of ether oxygens (including phenoxy) is 3. The van der Waals surface area contributed by atoms with Crippen LogP contribution in [0.3, 0.4) is 0 Å². The molecule has 0 heterocycles. The van der Waals surface area contributed by atoms with E-state index in [1.54, 1.807) is 18.2 Å². The molecule has 0 saturated heterocycles. The summed E-state index contributed by atoms with van der Waals surface area (Å²) in [7, 11) is 0.506. The van der Waals surface area contributed by atoms with E-state index < -0.39 is 28.5 Å². The van der Waals surface area contributed by atoms with Gasteiger partial charge in [0.05, 0.1) is 30.4 Å². The van der Waals surface area contributed by atoms with E-state index >= 15 is 0 Å². The van der Waals surface area contributed by atoms with Crippen molar-refractivity contribution in [2.24, 2.45) is 0 Å². The third-order valence-electron chi connectivity index (χ3n) is 3.67. The van der Waals surface area contributed by atoms with Crippen LogP contribution in [0.4, 0.5) is 5.69 Å². The van der Waals surface area contributed by atoms with Crippen LogP contribution in [0, 0.1) is 0 Å². The van der Waals surface area contributed by atoms with E-state index in [9.17, 15) is 18.0 Å². The van der Waals surface area contributed by atoms with Crippen LogP contribution in [0.5, 0.6) is 11.5 Å². The average molecular weight is 408 g/mol. The van der Waals surface area contributed by atoms with Crippen molar-refractivity contribution in [1.82, 2.24) is 4.72 Å². The van der Waals surface area contributed by atoms with Gasteiger partial charge >= 0.3 is 5.97 Å². The van der Waals surface area contributed by atoms with Crippen molar-refractivity contribution in [1.29, 1.82) is 0 Å². The molecule has 28 heavy (non-hydrogen) atoms. The summed E-state index contributed by atoms with van der Waals surface area (Å²) in [6.07, 6.45) is 0. The van der Waals surface area contributed by atoms with Gasteiger partial charge in [-0.25, -0.2) is 17.9 Å². The highest BCUT2D eigenvalue weighted by molar-refractivity contribution is 7.89. The van der Waals surface area contributed by atoms with E-state index in [-0.39, 0.29) is 10.5 Å². The molecule has 0 unspecified atom stereocenters. The minimum absolute atomic E-state index is 0.00570. The molecule has 0 atom stereocenters. The molecule has 2 aromatic carbocycles. The first-order valence-electron chi connectivity index (χ1n) is 8.03. The quantitative estimate of drug-likeness (QED) is 0.634. The third-order valence-corrected chi connectivity index (χ3v) is 5.08. The normalized spacial score (nSPS) is 10.8. The van der Waals surface area contributed by atoms with E-state index in [0.29, 0.717) is 17.2 Å². The van der Waals surface area contributed by atoms with E-state index in [4.69, 9.17) is 14.2 Å². The summed E-state index contributed by atoms with van der Waals surface area (Å²) < 4.78 is 41.0. The number of rotatable bonds is 8. The van der Waals surface area contributed by atoms with Crippen LogP contribution in [0.1, 0.15) is 10.4 Å². The van der Waals surface area contributed by atoms with Crippen LogP contribution in [0.15, 0.2) is 47.4 Å². The predicted molar refractivity (Wildman–Crippen MR) is 101 cm³/mol. The number of sulfonamides is 1. The molecule has 0 aliphatic heterocycles. The fourth-order valence-corrected chi connectivity index (χ4v) is 2.99. The summed E-state index contributed by atoms with van der Waals surface area (Å²) in [5.74, 6) is -0.484. The number of amides is 1. The molecule has 0 radical (unpaired) electrons. The summed E-state index contributed by atoms with van der Waals surface area (Å²) in [5, 5.41) is 2.56. The summed E-state index contributed by atoms with van der Waals surface area (Å²) in [4.78, 5) is 24.1. The molecule has 2 rings (SSSR count). The summed E-state index contributed by atoms with van der Waals surface area (Å²) in [6, 6.07) is 10.1. The maximum absolute atomic E-state index is 12.1. The molecule has 0 spiro atoms. The second kappa shape index (κ2) is 9.20. The van der Waals surface area contributed by atoms with Crippen LogP contribution in [0.2, 0.25) is 0 Å². The largest absolute Gasteiger partial charge is 0.497 e. The molecule has 0 fully saturated rings. The molecule has 0 saturated carbocycles. The van der Waals surface area contributed by atoms with Crippen molar-refractivity contribution < 1.29 is 32.2 Å². The van der Waals surface area contributed by atoms with Crippen molar-refractivity contribution >= 4 is 27.6 Å². The number of carbonyl (C=O) groups is 2. The minimum atomic E-state index is -3.70. The Labute approximate surface area is 162 Å². The Bertz CT molecular complexity index is 974. The smallest absolute Gasteiger partial charge is 0.338 e. The lowest BCUT2D eigenvalue weighted by molar-refractivity contribution is -0.119. The fourth-order valence-electron chi connectivity index (χ4n) is 2.21. The van der Waals surface area contributed by atoms with Gasteiger partial charge in [0.25, 0.3) is 5.91 Å². The number of nitrogens with one attached hydrogen (secondary N) is 2. The summed E-state index contributed by atoms with van der Waals surface area (Å²) in [5.41, 5.74) is 0.387. The first-order valence-corrected chi connectivity index (χ1v) is 9.51. The van der Waals surface area contributed by atoms with Crippen molar-refractivity contribution in [3.8, 4) is 11.5 Å². The van der Waals surface area contributed by atoms with Crippen molar-refractivity contribution in [3.63, 3.8) is 0 Å². The molecule has 0 aliphatic rings. The van der Waals surface area contributed by atoms with Crippen LogP contribution in [0.25, 0.3) is 0 Å². The van der Waals surface area contributed by atoms with Gasteiger partial charge in [-0.3, -0.25) is 4.79 Å². The average Bonchev–Trinajstić information content (AvgIpc) is 2.72. The highest BCUT2D eigenvalue weighted by atomic mass is 32.2. The molecule has 150 valence electrons. The first kappa shape index (κ1) is 21.2. The van der Waals surface area contributed by atoms with Gasteiger partial charge in [-0.1, -0.05) is 6.07 Å². The third kappa shape index (κ3) is 5.21. The molecule has 10 heteroatoms. The molecular weight excluding hydrogens is 388 g/mol. The number of methoxy groups -OCH3 is 2. The molecule has 0 aliphatic carbocycles. The monoisotopic (exact) mass is 408 g/mol. The molecule has 2 aromatic rings. The molecule has 0 aromatic heterocycles. The molecular formula is C18H20N2O7S. The Kier molecular flexibility index (Phi) is 6.96. The van der Waals surface area contributed by atoms with Gasteiger partial charge in [-0.05, 0) is 37.4 Å². The van der Waals surface area contributed by atoms with Gasteiger partial charge in [0.2, 0.25) is 10.0 Å². The van der Waals surface area contributed by atoms with Gasteiger partial charge in [0.15, 0.2) is 6.61 Å². The molecule has 0 bridgehead atoms. The summed E-state index contributed by atoms with van der Waals surface area (Å²) >= 11 is 0. The maximum atomic E-state index is 12.1. The zero-order valence-corrected chi connectivity index (χ0v) is 16.3. The van der Waals surface area contributed by atoms with E-state index in [1.165, 1.54) is 45.5 Å². The first-order chi connectivity index (χ1) is 13.3. The highest BCUT2D eigenvalue weighted by Crippen LogP contribution is 2.28. The Morgan fingerprint density at radius 2 is 1.79 bits per heavy atom. The number of benzene rings is 2. The predicted octanol–water partition coefficient (Wildman–Crippen LogP) is 1.41.